The number of nitrogens with zero attached hydrogens (tertiary/aromatic N) is 1. The van der Waals surface area contributed by atoms with Crippen molar-refractivity contribution < 1.29 is 29.0 Å². The average molecular weight is 487 g/mol. The maximum Gasteiger partial charge on any atom is 0.250 e. The molecule has 2 saturated heterocycles. The summed E-state index contributed by atoms with van der Waals surface area (Å²) in [6, 6.07) is 16.4. The molecule has 9 heteroatoms. The summed E-state index contributed by atoms with van der Waals surface area (Å²) >= 11 is 0. The highest BCUT2D eigenvalue weighted by atomic mass is 19.1. The first kappa shape index (κ1) is 22.2. The fourth-order valence-corrected chi connectivity index (χ4v) is 5.87. The summed E-state index contributed by atoms with van der Waals surface area (Å²) in [6.07, 6.45) is 0.232. The van der Waals surface area contributed by atoms with Crippen LogP contribution in [-0.4, -0.2) is 38.9 Å². The van der Waals surface area contributed by atoms with Crippen molar-refractivity contribution in [2.75, 3.05) is 5.32 Å². The topological polar surface area (TPSA) is 119 Å². The third-order valence-corrected chi connectivity index (χ3v) is 7.46. The Morgan fingerprint density at radius 1 is 0.889 bits per heavy atom. The van der Waals surface area contributed by atoms with Crippen LogP contribution in [0, 0.1) is 17.7 Å². The number of carbonyl (C=O) groups is 3. The Kier molecular flexibility index (Phi) is 4.87. The van der Waals surface area contributed by atoms with E-state index in [1.807, 2.05) is 0 Å². The molecule has 4 atom stereocenters. The van der Waals surface area contributed by atoms with Crippen LogP contribution in [0.15, 0.2) is 66.7 Å². The molecule has 4 N–H and O–H groups in total. The van der Waals surface area contributed by atoms with Crippen LogP contribution in [0.5, 0.6) is 11.5 Å². The van der Waals surface area contributed by atoms with Gasteiger partial charge >= 0.3 is 0 Å². The highest BCUT2D eigenvalue weighted by Crippen LogP contribution is 2.53. The molecule has 36 heavy (non-hydrogen) atoms. The number of hydrogen-bond acceptors (Lipinski definition) is 6. The molecule has 0 saturated carbocycles. The molecule has 8 nitrogen and oxygen atoms in total. The van der Waals surface area contributed by atoms with Gasteiger partial charge in [0.1, 0.15) is 11.4 Å². The number of likely N-dealkylation sites (tertiary alicyclic amines) is 1. The number of fused-ring (bicyclic) bond motifs is 4. The van der Waals surface area contributed by atoms with E-state index in [0.717, 1.165) is 4.90 Å². The number of para-hydroxylation sites is 1. The number of imide groups is 1. The molecular weight excluding hydrogens is 465 g/mol. The summed E-state index contributed by atoms with van der Waals surface area (Å²) in [5.41, 5.74) is 0.966. The Hall–Kier alpha value is -4.24. The number of aromatic hydroxyl groups is 2. The van der Waals surface area contributed by atoms with Gasteiger partial charge in [0.25, 0.3) is 0 Å². The lowest BCUT2D eigenvalue weighted by Crippen LogP contribution is -2.53. The molecule has 3 aromatic carbocycles. The molecule has 3 heterocycles. The molecule has 1 spiro atoms. The maximum atomic E-state index is 13.8. The minimum Gasteiger partial charge on any atom is -0.504 e. The number of phenols is 2. The SMILES string of the molecule is O=C1[C@H]2[C@@H](C(=O)N1Cc1ccc(F)cc1)[C@@]1(N[C@@H]2Cc2ccc(O)c(O)c2)C(=O)Nc2ccccc21. The number of halogens is 1. The lowest BCUT2D eigenvalue weighted by Gasteiger charge is -2.29. The molecule has 182 valence electrons. The summed E-state index contributed by atoms with van der Waals surface area (Å²) in [6.45, 7) is -0.0307. The van der Waals surface area contributed by atoms with Crippen molar-refractivity contribution in [2.24, 2.45) is 11.8 Å². The average Bonchev–Trinajstić information content (AvgIpc) is 3.43. The van der Waals surface area contributed by atoms with Crippen LogP contribution in [-0.2, 0) is 32.9 Å². The zero-order valence-corrected chi connectivity index (χ0v) is 18.9. The molecule has 0 radical (unpaired) electrons. The van der Waals surface area contributed by atoms with Gasteiger partial charge in [-0.25, -0.2) is 4.39 Å². The Labute approximate surface area is 205 Å². The molecule has 3 aliphatic heterocycles. The van der Waals surface area contributed by atoms with Crippen LogP contribution in [0.3, 0.4) is 0 Å². The van der Waals surface area contributed by atoms with Gasteiger partial charge in [-0.1, -0.05) is 36.4 Å². The first-order valence-corrected chi connectivity index (χ1v) is 11.6. The first-order valence-electron chi connectivity index (χ1n) is 11.6. The standard InChI is InChI=1S/C27H22FN3O5/c28-16-8-5-14(6-9-16)13-31-24(34)22-19(11-15-7-10-20(32)21(33)12-15)30-27(23(22)25(31)35)17-3-1-2-4-18(17)29-26(27)36/h1-10,12,19,22-23,30,32-33H,11,13H2,(H,29,36)/t19-,22-,23+,27-/m1/s1. The normalized spacial score (nSPS) is 26.4. The lowest BCUT2D eigenvalue weighted by atomic mass is 9.76. The van der Waals surface area contributed by atoms with Crippen LogP contribution in [0.25, 0.3) is 0 Å². The van der Waals surface area contributed by atoms with Crippen molar-refractivity contribution >= 4 is 23.4 Å². The van der Waals surface area contributed by atoms with Crippen LogP contribution < -0.4 is 10.6 Å². The molecule has 0 aliphatic carbocycles. The van der Waals surface area contributed by atoms with Crippen LogP contribution in [0.2, 0.25) is 0 Å². The first-order chi connectivity index (χ1) is 17.3. The number of benzene rings is 3. The zero-order valence-electron chi connectivity index (χ0n) is 18.9. The van der Waals surface area contributed by atoms with Crippen LogP contribution >= 0.6 is 0 Å². The lowest BCUT2D eigenvalue weighted by molar-refractivity contribution is -0.143. The van der Waals surface area contributed by atoms with E-state index in [1.165, 1.54) is 36.4 Å². The van der Waals surface area contributed by atoms with E-state index in [4.69, 9.17) is 0 Å². The molecule has 0 bridgehead atoms. The molecular formula is C27H22FN3O5. The molecule has 3 aliphatic rings. The third-order valence-electron chi connectivity index (χ3n) is 7.46. The second-order valence-corrected chi connectivity index (χ2v) is 9.48. The van der Waals surface area contributed by atoms with Gasteiger partial charge in [-0.05, 0) is 47.9 Å². The van der Waals surface area contributed by atoms with Gasteiger partial charge < -0.3 is 15.5 Å². The van der Waals surface area contributed by atoms with Gasteiger partial charge in [-0.2, -0.15) is 0 Å². The van der Waals surface area contributed by atoms with Gasteiger partial charge in [0.15, 0.2) is 11.5 Å². The van der Waals surface area contributed by atoms with Crippen molar-refractivity contribution in [3.8, 4) is 11.5 Å². The Bertz CT molecular complexity index is 1430. The molecule has 3 aromatic rings. The number of nitrogens with one attached hydrogen (secondary N) is 2. The van der Waals surface area contributed by atoms with Crippen molar-refractivity contribution in [3.63, 3.8) is 0 Å². The molecule has 0 aromatic heterocycles. The number of phenolic OH excluding ortho intramolecular Hbond substituents is 2. The molecule has 0 unspecified atom stereocenters. The number of anilines is 1. The number of amides is 3. The van der Waals surface area contributed by atoms with E-state index in [9.17, 15) is 29.0 Å². The number of rotatable bonds is 4. The molecule has 2 fully saturated rings. The van der Waals surface area contributed by atoms with E-state index in [-0.39, 0.29) is 24.5 Å². The predicted molar refractivity (Wildman–Crippen MR) is 126 cm³/mol. The van der Waals surface area contributed by atoms with Gasteiger partial charge in [0, 0.05) is 17.3 Å². The Balaban J connectivity index is 1.43. The van der Waals surface area contributed by atoms with Crippen molar-refractivity contribution in [3.05, 3.63) is 89.2 Å². The smallest absolute Gasteiger partial charge is 0.250 e. The summed E-state index contributed by atoms with van der Waals surface area (Å²) in [7, 11) is 0. The summed E-state index contributed by atoms with van der Waals surface area (Å²) < 4.78 is 13.4. The largest absolute Gasteiger partial charge is 0.504 e. The molecule has 6 rings (SSSR count). The minimum absolute atomic E-state index is 0.0307. The molecule has 3 amide bonds. The second-order valence-electron chi connectivity index (χ2n) is 9.48. The number of carbonyl (C=O) groups excluding carboxylic acids is 3. The third kappa shape index (κ3) is 3.12. The summed E-state index contributed by atoms with van der Waals surface area (Å²) in [5.74, 6) is -4.10. The van der Waals surface area contributed by atoms with Crippen LogP contribution in [0.4, 0.5) is 10.1 Å². The van der Waals surface area contributed by atoms with E-state index in [1.54, 1.807) is 30.3 Å². The predicted octanol–water partition coefficient (Wildman–Crippen LogP) is 2.40. The van der Waals surface area contributed by atoms with Gasteiger partial charge in [-0.15, -0.1) is 0 Å². The van der Waals surface area contributed by atoms with E-state index in [0.29, 0.717) is 22.4 Å². The highest BCUT2D eigenvalue weighted by Gasteiger charge is 2.70. The highest BCUT2D eigenvalue weighted by molar-refractivity contribution is 6.15. The van der Waals surface area contributed by atoms with E-state index in [2.05, 4.69) is 10.6 Å². The van der Waals surface area contributed by atoms with Gasteiger partial charge in [-0.3, -0.25) is 24.6 Å². The fraction of sp³-hybridized carbons (Fsp3) is 0.222. The summed E-state index contributed by atoms with van der Waals surface area (Å²) in [5, 5.41) is 25.8. The fourth-order valence-electron chi connectivity index (χ4n) is 5.87. The van der Waals surface area contributed by atoms with Crippen molar-refractivity contribution in [1.82, 2.24) is 10.2 Å². The zero-order chi connectivity index (χ0) is 25.2. The van der Waals surface area contributed by atoms with Crippen molar-refractivity contribution in [2.45, 2.75) is 24.5 Å². The van der Waals surface area contributed by atoms with E-state index < -0.39 is 47.0 Å². The minimum atomic E-state index is -1.44. The number of hydrogen-bond donors (Lipinski definition) is 4. The van der Waals surface area contributed by atoms with Crippen LogP contribution in [0.1, 0.15) is 16.7 Å². The quantitative estimate of drug-likeness (QED) is 0.332. The summed E-state index contributed by atoms with van der Waals surface area (Å²) in [4.78, 5) is 42.2. The van der Waals surface area contributed by atoms with E-state index >= 15 is 0 Å². The Morgan fingerprint density at radius 2 is 1.61 bits per heavy atom. The monoisotopic (exact) mass is 487 g/mol. The second kappa shape index (κ2) is 7.89. The Morgan fingerprint density at radius 3 is 2.36 bits per heavy atom. The maximum absolute atomic E-state index is 13.8. The van der Waals surface area contributed by atoms with Gasteiger partial charge in [0.2, 0.25) is 17.7 Å². The van der Waals surface area contributed by atoms with Gasteiger partial charge in [0.05, 0.1) is 18.4 Å². The van der Waals surface area contributed by atoms with Crippen molar-refractivity contribution in [1.29, 1.82) is 0 Å².